The molecule has 6 nitrogen and oxygen atoms in total. The van der Waals surface area contributed by atoms with Gasteiger partial charge in [0.25, 0.3) is 0 Å². The SMILES string of the molecule is CCN(CC)c1ccc(-c2csc(N(CCc3csc(SC(C)(C)C(=O)O)n3)Cc3ccc(-c4ccccc4)cc3)n2)cc1. The largest absolute Gasteiger partial charge is 0.480 e. The second kappa shape index (κ2) is 14.4. The van der Waals surface area contributed by atoms with Crippen molar-refractivity contribution in [1.29, 1.82) is 0 Å². The summed E-state index contributed by atoms with van der Waals surface area (Å²) in [5.74, 6) is -0.842. The fraction of sp³-hybridized carbons (Fsp3) is 0.286. The number of aromatic nitrogens is 2. The molecule has 228 valence electrons. The average molecular weight is 643 g/mol. The fourth-order valence-corrected chi connectivity index (χ4v) is 7.92. The second-order valence-electron chi connectivity index (χ2n) is 11.0. The zero-order valence-corrected chi connectivity index (χ0v) is 28.0. The lowest BCUT2D eigenvalue weighted by atomic mass is 10.0. The van der Waals surface area contributed by atoms with E-state index >= 15 is 0 Å². The lowest BCUT2D eigenvalue weighted by molar-refractivity contribution is -0.138. The molecule has 0 aliphatic carbocycles. The van der Waals surface area contributed by atoms with Crippen LogP contribution in [0.4, 0.5) is 10.8 Å². The van der Waals surface area contributed by atoms with Gasteiger partial charge >= 0.3 is 5.97 Å². The van der Waals surface area contributed by atoms with Gasteiger partial charge in [-0.2, -0.15) is 0 Å². The van der Waals surface area contributed by atoms with Crippen molar-refractivity contribution in [2.45, 2.75) is 49.7 Å². The van der Waals surface area contributed by atoms with Crippen LogP contribution in [0, 0.1) is 0 Å². The molecule has 0 radical (unpaired) electrons. The molecule has 0 fully saturated rings. The molecular formula is C35H38N4O2S3. The molecule has 0 bridgehead atoms. The number of carboxylic acid groups (broad SMARTS) is 1. The van der Waals surface area contributed by atoms with Gasteiger partial charge in [0.2, 0.25) is 0 Å². The predicted octanol–water partition coefficient (Wildman–Crippen LogP) is 8.98. The number of nitrogens with zero attached hydrogens (tertiary/aromatic N) is 4. The Bertz CT molecular complexity index is 1640. The smallest absolute Gasteiger partial charge is 0.319 e. The van der Waals surface area contributed by atoms with E-state index in [1.54, 1.807) is 25.2 Å². The second-order valence-corrected chi connectivity index (χ2v) is 14.6. The lowest BCUT2D eigenvalue weighted by Gasteiger charge is -2.22. The maximum absolute atomic E-state index is 11.6. The van der Waals surface area contributed by atoms with Crippen LogP contribution in [0.15, 0.2) is 94.0 Å². The Morgan fingerprint density at radius 2 is 1.48 bits per heavy atom. The van der Waals surface area contributed by atoms with Crippen LogP contribution in [0.2, 0.25) is 0 Å². The van der Waals surface area contributed by atoms with Crippen molar-refractivity contribution < 1.29 is 9.90 Å². The van der Waals surface area contributed by atoms with Gasteiger partial charge < -0.3 is 14.9 Å². The van der Waals surface area contributed by atoms with E-state index in [2.05, 4.69) is 102 Å². The highest BCUT2D eigenvalue weighted by Gasteiger charge is 2.30. The van der Waals surface area contributed by atoms with E-state index in [-0.39, 0.29) is 0 Å². The standard InChI is InChI=1S/C35H38N4O2S3/c1-5-38(6-2)30-18-16-28(17-19-30)31-24-42-33(37-31)39(21-20-29-23-43-34(36-29)44-35(3,4)32(40)41)22-25-12-14-27(15-13-25)26-10-8-7-9-11-26/h7-19,23-24H,5-6,20-22H2,1-4H3,(H,40,41). The van der Waals surface area contributed by atoms with E-state index in [0.717, 1.165) is 59.0 Å². The number of aliphatic carboxylic acids is 1. The molecule has 2 heterocycles. The summed E-state index contributed by atoms with van der Waals surface area (Å²) in [6.45, 7) is 11.2. The van der Waals surface area contributed by atoms with Crippen LogP contribution in [-0.4, -0.2) is 45.4 Å². The first kappa shape index (κ1) is 31.8. The Hall–Kier alpha value is -3.66. The third kappa shape index (κ3) is 7.88. The van der Waals surface area contributed by atoms with Crippen molar-refractivity contribution in [2.24, 2.45) is 0 Å². The summed E-state index contributed by atoms with van der Waals surface area (Å²) in [6, 6.07) is 27.9. The van der Waals surface area contributed by atoms with Gasteiger partial charge in [0, 0.05) is 54.6 Å². The normalized spacial score (nSPS) is 11.5. The molecule has 0 aliphatic heterocycles. The van der Waals surface area contributed by atoms with Gasteiger partial charge in [-0.05, 0) is 56.5 Å². The summed E-state index contributed by atoms with van der Waals surface area (Å²) in [4.78, 5) is 26.1. The fourth-order valence-electron chi connectivity index (χ4n) is 4.83. The highest BCUT2D eigenvalue weighted by molar-refractivity contribution is 8.03. The van der Waals surface area contributed by atoms with Crippen molar-refractivity contribution in [3.63, 3.8) is 0 Å². The van der Waals surface area contributed by atoms with Crippen LogP contribution >= 0.6 is 34.4 Å². The lowest BCUT2D eigenvalue weighted by Crippen LogP contribution is -2.27. The quantitative estimate of drug-likeness (QED) is 0.121. The Labute approximate surface area is 272 Å². The summed E-state index contributed by atoms with van der Waals surface area (Å²) in [5.41, 5.74) is 7.89. The zero-order valence-electron chi connectivity index (χ0n) is 25.6. The van der Waals surface area contributed by atoms with E-state index in [1.165, 1.54) is 45.5 Å². The van der Waals surface area contributed by atoms with Crippen LogP contribution in [0.1, 0.15) is 39.0 Å². The molecule has 9 heteroatoms. The maximum Gasteiger partial charge on any atom is 0.319 e. The summed E-state index contributed by atoms with van der Waals surface area (Å²) >= 11 is 4.46. The van der Waals surface area contributed by atoms with Crippen LogP contribution < -0.4 is 9.80 Å². The van der Waals surface area contributed by atoms with Crippen LogP contribution in [0.5, 0.6) is 0 Å². The topological polar surface area (TPSA) is 69.6 Å². The third-order valence-electron chi connectivity index (χ3n) is 7.51. The summed E-state index contributed by atoms with van der Waals surface area (Å²) < 4.78 is -0.145. The van der Waals surface area contributed by atoms with Gasteiger partial charge in [0.15, 0.2) is 9.47 Å². The first-order chi connectivity index (χ1) is 21.3. The van der Waals surface area contributed by atoms with E-state index in [9.17, 15) is 9.90 Å². The number of benzene rings is 3. The molecule has 0 saturated carbocycles. The van der Waals surface area contributed by atoms with Crippen molar-refractivity contribution >= 4 is 51.2 Å². The average Bonchev–Trinajstić information content (AvgIpc) is 3.71. The first-order valence-corrected chi connectivity index (χ1v) is 17.4. The maximum atomic E-state index is 11.6. The van der Waals surface area contributed by atoms with Crippen molar-refractivity contribution in [1.82, 2.24) is 9.97 Å². The number of hydrogen-bond acceptors (Lipinski definition) is 8. The minimum atomic E-state index is -0.923. The minimum absolute atomic E-state index is 0.723. The summed E-state index contributed by atoms with van der Waals surface area (Å²) in [7, 11) is 0. The molecule has 5 aromatic rings. The Balaban J connectivity index is 1.35. The van der Waals surface area contributed by atoms with Gasteiger partial charge in [0.1, 0.15) is 4.75 Å². The van der Waals surface area contributed by atoms with Crippen molar-refractivity contribution in [3.05, 3.63) is 101 Å². The molecule has 0 saturated heterocycles. The number of rotatable bonds is 14. The van der Waals surface area contributed by atoms with Crippen molar-refractivity contribution in [3.8, 4) is 22.4 Å². The molecular weight excluding hydrogens is 605 g/mol. The Morgan fingerprint density at radius 1 is 0.818 bits per heavy atom. The van der Waals surface area contributed by atoms with Gasteiger partial charge in [-0.25, -0.2) is 9.97 Å². The monoisotopic (exact) mass is 642 g/mol. The van der Waals surface area contributed by atoms with E-state index in [0.29, 0.717) is 0 Å². The molecule has 44 heavy (non-hydrogen) atoms. The van der Waals surface area contributed by atoms with E-state index < -0.39 is 10.7 Å². The van der Waals surface area contributed by atoms with Gasteiger partial charge in [0.05, 0.1) is 11.4 Å². The van der Waals surface area contributed by atoms with Gasteiger partial charge in [-0.3, -0.25) is 4.79 Å². The molecule has 0 aliphatic rings. The summed E-state index contributed by atoms with van der Waals surface area (Å²) in [6.07, 6.45) is 0.736. The molecule has 0 unspecified atom stereocenters. The van der Waals surface area contributed by atoms with E-state index in [4.69, 9.17) is 9.97 Å². The van der Waals surface area contributed by atoms with E-state index in [1.807, 2.05) is 11.4 Å². The zero-order chi connectivity index (χ0) is 31.1. The number of thioether (sulfide) groups is 1. The molecule has 0 atom stereocenters. The highest BCUT2D eigenvalue weighted by Crippen LogP contribution is 2.35. The van der Waals surface area contributed by atoms with Crippen molar-refractivity contribution in [2.75, 3.05) is 29.4 Å². The Kier molecular flexibility index (Phi) is 10.4. The predicted molar refractivity (Wildman–Crippen MR) is 187 cm³/mol. The molecule has 2 aromatic heterocycles. The summed E-state index contributed by atoms with van der Waals surface area (Å²) in [5, 5.41) is 14.7. The van der Waals surface area contributed by atoms with Gasteiger partial charge in [-0.15, -0.1) is 22.7 Å². The number of carbonyl (C=O) groups is 1. The molecule has 3 aromatic carbocycles. The van der Waals surface area contributed by atoms with Crippen LogP contribution in [0.25, 0.3) is 22.4 Å². The third-order valence-corrected chi connectivity index (χ3v) is 10.6. The number of thiazole rings is 2. The molecule has 0 amide bonds. The molecule has 1 N–H and O–H groups in total. The van der Waals surface area contributed by atoms with Crippen LogP contribution in [0.3, 0.4) is 0 Å². The minimum Gasteiger partial charge on any atom is -0.480 e. The Morgan fingerprint density at radius 3 is 2.14 bits per heavy atom. The number of hydrogen-bond donors (Lipinski definition) is 1. The van der Waals surface area contributed by atoms with Gasteiger partial charge in [-0.1, -0.05) is 78.5 Å². The first-order valence-electron chi connectivity index (χ1n) is 14.8. The number of carboxylic acids is 1. The highest BCUT2D eigenvalue weighted by atomic mass is 32.2. The molecule has 5 rings (SSSR count). The number of anilines is 2. The van der Waals surface area contributed by atoms with Crippen LogP contribution in [-0.2, 0) is 17.8 Å². The molecule has 0 spiro atoms.